The lowest BCUT2D eigenvalue weighted by Gasteiger charge is -2.37. The van der Waals surface area contributed by atoms with Gasteiger partial charge in [-0.3, -0.25) is 14.4 Å². The number of fused-ring (bicyclic) bond motifs is 5. The van der Waals surface area contributed by atoms with Crippen LogP contribution < -0.4 is 9.64 Å². The Morgan fingerprint density at radius 1 is 0.878 bits per heavy atom. The molecule has 6 heteroatoms. The molecule has 1 spiro atoms. The molecule has 3 atom stereocenters. The van der Waals surface area contributed by atoms with Gasteiger partial charge in [0, 0.05) is 33.9 Å². The predicted octanol–water partition coefficient (Wildman–Crippen LogP) is 6.46. The summed E-state index contributed by atoms with van der Waals surface area (Å²) < 4.78 is 19.8. The van der Waals surface area contributed by atoms with Gasteiger partial charge in [-0.25, -0.2) is 4.39 Å². The third-order valence-corrected chi connectivity index (χ3v) is 8.85. The Hall–Kier alpha value is -4.84. The Kier molecular flexibility index (Phi) is 5.58. The monoisotopic (exact) mass is 543 g/mol. The molecular weight excluding hydrogens is 517 g/mol. The summed E-state index contributed by atoms with van der Waals surface area (Å²) >= 11 is 0. The minimum atomic E-state index is -1.61. The summed E-state index contributed by atoms with van der Waals surface area (Å²) in [7, 11) is 1.57. The molecule has 202 valence electrons. The maximum Gasteiger partial charge on any atom is 0.185 e. The van der Waals surface area contributed by atoms with Crippen LogP contribution in [0.15, 0.2) is 97.1 Å². The summed E-state index contributed by atoms with van der Waals surface area (Å²) in [5, 5.41) is 0. The van der Waals surface area contributed by atoms with Crippen molar-refractivity contribution in [3.63, 3.8) is 0 Å². The Labute approximate surface area is 236 Å². The molecule has 5 nitrogen and oxygen atoms in total. The van der Waals surface area contributed by atoms with E-state index < -0.39 is 29.2 Å². The number of hydrogen-bond donors (Lipinski definition) is 0. The average Bonchev–Trinajstić information content (AvgIpc) is 3.43. The fourth-order valence-electron chi connectivity index (χ4n) is 7.02. The summed E-state index contributed by atoms with van der Waals surface area (Å²) in [6.07, 6.45) is 3.55. The maximum atomic E-state index is 14.6. The van der Waals surface area contributed by atoms with Crippen molar-refractivity contribution in [1.82, 2.24) is 0 Å². The van der Waals surface area contributed by atoms with Gasteiger partial charge >= 0.3 is 0 Å². The molecule has 0 bridgehead atoms. The molecule has 0 saturated carbocycles. The third-order valence-electron chi connectivity index (χ3n) is 8.85. The first kappa shape index (κ1) is 25.1. The second-order valence-electron chi connectivity index (χ2n) is 10.9. The number of anilines is 1. The van der Waals surface area contributed by atoms with Gasteiger partial charge in [0.1, 0.15) is 23.0 Å². The van der Waals surface area contributed by atoms with Crippen LogP contribution in [0.4, 0.5) is 10.1 Å². The van der Waals surface area contributed by atoms with E-state index in [1.807, 2.05) is 36.1 Å². The molecule has 0 aromatic heterocycles. The summed E-state index contributed by atoms with van der Waals surface area (Å²) in [6, 6.07) is 24.1. The molecule has 4 aromatic rings. The van der Waals surface area contributed by atoms with Gasteiger partial charge in [0.15, 0.2) is 17.3 Å². The van der Waals surface area contributed by atoms with Gasteiger partial charge in [-0.2, -0.15) is 0 Å². The molecule has 7 rings (SSSR count). The lowest BCUT2D eigenvalue weighted by Crippen LogP contribution is -2.48. The fourth-order valence-corrected chi connectivity index (χ4v) is 7.02. The molecule has 0 amide bonds. The second kappa shape index (κ2) is 9.10. The molecule has 1 fully saturated rings. The molecule has 4 aromatic carbocycles. The van der Waals surface area contributed by atoms with E-state index in [-0.39, 0.29) is 17.3 Å². The number of ketones is 3. The number of halogens is 1. The summed E-state index contributed by atoms with van der Waals surface area (Å²) in [5.41, 5.74) is 2.47. The Morgan fingerprint density at radius 3 is 2.17 bits per heavy atom. The highest BCUT2D eigenvalue weighted by atomic mass is 19.1. The maximum absolute atomic E-state index is 14.6. The zero-order chi connectivity index (χ0) is 28.5. The van der Waals surface area contributed by atoms with E-state index in [0.29, 0.717) is 39.3 Å². The number of aryl methyl sites for hydroxylation is 1. The quantitative estimate of drug-likeness (QED) is 0.218. The lowest BCUT2D eigenvalue weighted by molar-refractivity contribution is 0.0666. The molecular formula is C35H26FNO4. The zero-order valence-electron chi connectivity index (χ0n) is 22.5. The molecule has 0 N–H and O–H groups in total. The molecule has 3 aliphatic rings. The summed E-state index contributed by atoms with van der Waals surface area (Å²) in [6.45, 7) is 1.95. The number of ether oxygens (including phenoxy) is 1. The predicted molar refractivity (Wildman–Crippen MR) is 154 cm³/mol. The van der Waals surface area contributed by atoms with E-state index in [1.165, 1.54) is 12.1 Å². The van der Waals surface area contributed by atoms with Gasteiger partial charge < -0.3 is 9.64 Å². The van der Waals surface area contributed by atoms with Crippen molar-refractivity contribution in [2.75, 3.05) is 12.0 Å². The van der Waals surface area contributed by atoms with Crippen LogP contribution in [0.1, 0.15) is 53.7 Å². The first-order valence-corrected chi connectivity index (χ1v) is 13.6. The van der Waals surface area contributed by atoms with E-state index >= 15 is 0 Å². The highest BCUT2D eigenvalue weighted by molar-refractivity contribution is 6.32. The Balaban J connectivity index is 1.54. The van der Waals surface area contributed by atoms with Crippen molar-refractivity contribution in [3.05, 3.63) is 136 Å². The first-order valence-electron chi connectivity index (χ1n) is 13.6. The van der Waals surface area contributed by atoms with Crippen LogP contribution in [-0.4, -0.2) is 36.5 Å². The van der Waals surface area contributed by atoms with Gasteiger partial charge in [0.2, 0.25) is 0 Å². The van der Waals surface area contributed by atoms with Crippen LogP contribution in [0.2, 0.25) is 0 Å². The van der Waals surface area contributed by atoms with Gasteiger partial charge in [0.25, 0.3) is 0 Å². The number of methoxy groups -OCH3 is 1. The SMILES string of the molecule is COc1ccc([C@H]2[C@H](C(=O)c3ccc(C)cc3)N3c4ccc(F)cc4C=CC3C23C(=O)c2ccccc2C3=O)cc1. The van der Waals surface area contributed by atoms with Crippen LogP contribution in [-0.2, 0) is 0 Å². The van der Waals surface area contributed by atoms with E-state index in [1.54, 1.807) is 73.9 Å². The number of nitrogens with zero attached hydrogens (tertiary/aromatic N) is 1. The van der Waals surface area contributed by atoms with Gasteiger partial charge in [-0.05, 0) is 42.8 Å². The van der Waals surface area contributed by atoms with Crippen molar-refractivity contribution >= 4 is 29.1 Å². The summed E-state index contributed by atoms with van der Waals surface area (Å²) in [4.78, 5) is 45.8. The minimum absolute atomic E-state index is 0.213. The highest BCUT2D eigenvalue weighted by Gasteiger charge is 2.71. The van der Waals surface area contributed by atoms with E-state index in [0.717, 1.165) is 5.56 Å². The van der Waals surface area contributed by atoms with Crippen molar-refractivity contribution in [2.45, 2.75) is 24.9 Å². The van der Waals surface area contributed by atoms with Crippen LogP contribution in [0.25, 0.3) is 6.08 Å². The minimum Gasteiger partial charge on any atom is -0.497 e. The largest absolute Gasteiger partial charge is 0.497 e. The zero-order valence-corrected chi connectivity index (χ0v) is 22.5. The van der Waals surface area contributed by atoms with Gasteiger partial charge in [-0.15, -0.1) is 0 Å². The molecule has 41 heavy (non-hydrogen) atoms. The smallest absolute Gasteiger partial charge is 0.185 e. The lowest BCUT2D eigenvalue weighted by atomic mass is 9.64. The van der Waals surface area contributed by atoms with Crippen molar-refractivity contribution in [1.29, 1.82) is 0 Å². The first-order chi connectivity index (χ1) is 19.9. The van der Waals surface area contributed by atoms with Crippen LogP contribution in [0.5, 0.6) is 5.75 Å². The molecule has 2 heterocycles. The molecule has 0 radical (unpaired) electrons. The highest BCUT2D eigenvalue weighted by Crippen LogP contribution is 2.61. The Morgan fingerprint density at radius 2 is 1.54 bits per heavy atom. The molecule has 1 unspecified atom stereocenters. The number of carbonyl (C=O) groups is 3. The van der Waals surface area contributed by atoms with Crippen molar-refractivity contribution < 1.29 is 23.5 Å². The molecule has 1 saturated heterocycles. The molecule has 1 aliphatic carbocycles. The van der Waals surface area contributed by atoms with Crippen molar-refractivity contribution in [2.24, 2.45) is 5.41 Å². The fraction of sp³-hybridized carbons (Fsp3) is 0.171. The van der Waals surface area contributed by atoms with Crippen LogP contribution in [0, 0.1) is 18.2 Å². The third kappa shape index (κ3) is 3.43. The molecule has 2 aliphatic heterocycles. The van der Waals surface area contributed by atoms with E-state index in [4.69, 9.17) is 4.74 Å². The number of rotatable bonds is 4. The summed E-state index contributed by atoms with van der Waals surface area (Å²) in [5.74, 6) is -1.44. The number of carbonyl (C=O) groups excluding carboxylic acids is 3. The van der Waals surface area contributed by atoms with Crippen LogP contribution in [0.3, 0.4) is 0 Å². The van der Waals surface area contributed by atoms with Gasteiger partial charge in [-0.1, -0.05) is 78.4 Å². The van der Waals surface area contributed by atoms with E-state index in [2.05, 4.69) is 0 Å². The average molecular weight is 544 g/mol. The standard InChI is InChI=1S/C35H26FNO4/c1-20-7-9-22(10-8-20)32(38)31-30(21-11-15-25(41-2)16-12-21)35(33(39)26-5-3-4-6-27(26)34(35)40)29-18-13-23-19-24(36)14-17-28(23)37(29)31/h3-19,29-31H,1-2H3/t29?,30-,31+/m0/s1. The topological polar surface area (TPSA) is 63.7 Å². The number of Topliss-reactive ketones (excluding diaryl/α,β-unsaturated/α-hetero) is 3. The number of hydrogen-bond acceptors (Lipinski definition) is 5. The normalized spacial score (nSPS) is 21.5. The van der Waals surface area contributed by atoms with E-state index in [9.17, 15) is 18.8 Å². The van der Waals surface area contributed by atoms with Crippen molar-refractivity contribution in [3.8, 4) is 5.75 Å². The second-order valence-corrected chi connectivity index (χ2v) is 10.9. The van der Waals surface area contributed by atoms with Crippen LogP contribution >= 0.6 is 0 Å². The number of benzene rings is 4. The van der Waals surface area contributed by atoms with Gasteiger partial charge in [0.05, 0.1) is 13.2 Å². The Bertz CT molecular complexity index is 1740.